The van der Waals surface area contributed by atoms with E-state index in [1.54, 1.807) is 29.9 Å². The predicted molar refractivity (Wildman–Crippen MR) is 93.5 cm³/mol. The maximum absolute atomic E-state index is 12.2. The van der Waals surface area contributed by atoms with Crippen molar-refractivity contribution >= 4 is 34.3 Å². The van der Waals surface area contributed by atoms with Gasteiger partial charge in [0.15, 0.2) is 5.13 Å². The third kappa shape index (κ3) is 4.66. The summed E-state index contributed by atoms with van der Waals surface area (Å²) >= 11 is 1.22. The third-order valence-corrected chi connectivity index (χ3v) is 4.33. The van der Waals surface area contributed by atoms with Gasteiger partial charge in [-0.25, -0.2) is 9.78 Å². The summed E-state index contributed by atoms with van der Waals surface area (Å²) in [7, 11) is 0. The van der Waals surface area contributed by atoms with E-state index in [0.29, 0.717) is 28.7 Å². The van der Waals surface area contributed by atoms with Gasteiger partial charge in [-0.1, -0.05) is 0 Å². The van der Waals surface area contributed by atoms with E-state index in [2.05, 4.69) is 10.3 Å². The normalized spacial score (nSPS) is 10.5. The van der Waals surface area contributed by atoms with Crippen molar-refractivity contribution in [2.75, 3.05) is 11.9 Å². The minimum atomic E-state index is -0.478. The molecule has 0 unspecified atom stereocenters. The Hall–Kier alpha value is -2.68. The number of nitrogens with zero attached hydrogens (tertiary/aromatic N) is 2. The van der Waals surface area contributed by atoms with Crippen molar-refractivity contribution in [2.45, 2.75) is 33.7 Å². The highest BCUT2D eigenvalue weighted by Gasteiger charge is 2.18. The van der Waals surface area contributed by atoms with E-state index in [1.807, 2.05) is 6.92 Å². The second-order valence-electron chi connectivity index (χ2n) is 5.43. The van der Waals surface area contributed by atoms with Gasteiger partial charge in [0.1, 0.15) is 6.54 Å². The Morgan fingerprint density at radius 1 is 1.36 bits per heavy atom. The molecule has 0 aliphatic heterocycles. The molecule has 0 bridgehead atoms. The fraction of sp³-hybridized carbons (Fsp3) is 0.375. The Balaban J connectivity index is 2.06. The lowest BCUT2D eigenvalue weighted by molar-refractivity contribution is -0.117. The van der Waals surface area contributed by atoms with Crippen molar-refractivity contribution in [3.05, 3.63) is 34.1 Å². The van der Waals surface area contributed by atoms with Gasteiger partial charge in [0.05, 0.1) is 24.3 Å². The lowest BCUT2D eigenvalue weighted by atomic mass is 10.2. The van der Waals surface area contributed by atoms with Crippen LogP contribution in [0.3, 0.4) is 0 Å². The Kier molecular flexibility index (Phi) is 5.92. The largest absolute Gasteiger partial charge is 0.462 e. The molecule has 2 aromatic heterocycles. The van der Waals surface area contributed by atoms with Gasteiger partial charge in [0, 0.05) is 16.8 Å². The highest BCUT2D eigenvalue weighted by molar-refractivity contribution is 7.13. The van der Waals surface area contributed by atoms with E-state index in [0.717, 1.165) is 5.69 Å². The van der Waals surface area contributed by atoms with Crippen LogP contribution >= 0.6 is 11.3 Å². The maximum Gasteiger partial charge on any atom is 0.339 e. The number of rotatable bonds is 7. The molecule has 8 nitrogen and oxygen atoms in total. The molecule has 25 heavy (non-hydrogen) atoms. The highest BCUT2D eigenvalue weighted by atomic mass is 32.1. The zero-order valence-electron chi connectivity index (χ0n) is 14.3. The fourth-order valence-electron chi connectivity index (χ4n) is 2.39. The molecule has 2 heterocycles. The minimum absolute atomic E-state index is 0.0328. The summed E-state index contributed by atoms with van der Waals surface area (Å²) in [5, 5.41) is 4.75. The predicted octanol–water partition coefficient (Wildman–Crippen LogP) is 1.40. The molecule has 0 aliphatic rings. The first-order valence-corrected chi connectivity index (χ1v) is 8.56. The van der Waals surface area contributed by atoms with E-state index >= 15 is 0 Å². The summed E-state index contributed by atoms with van der Waals surface area (Å²) in [6.45, 7) is 5.66. The number of hydrogen-bond donors (Lipinski definition) is 2. The number of aromatic nitrogens is 2. The molecule has 2 rings (SSSR count). The summed E-state index contributed by atoms with van der Waals surface area (Å²) in [5.74, 6) is -1.16. The van der Waals surface area contributed by atoms with Gasteiger partial charge in [-0.15, -0.1) is 11.3 Å². The molecule has 0 spiro atoms. The molecule has 0 aromatic carbocycles. The molecule has 0 radical (unpaired) electrons. The van der Waals surface area contributed by atoms with Crippen LogP contribution in [-0.2, 0) is 27.3 Å². The first kappa shape index (κ1) is 18.7. The zero-order valence-corrected chi connectivity index (χ0v) is 15.1. The van der Waals surface area contributed by atoms with Crippen LogP contribution in [0, 0.1) is 13.8 Å². The topological polar surface area (TPSA) is 116 Å². The Morgan fingerprint density at radius 3 is 2.72 bits per heavy atom. The number of anilines is 1. The van der Waals surface area contributed by atoms with Gasteiger partial charge in [-0.05, 0) is 26.8 Å². The Labute approximate surface area is 149 Å². The van der Waals surface area contributed by atoms with Crippen LogP contribution in [0.1, 0.15) is 34.4 Å². The number of carbonyl (C=O) groups excluding carboxylic acids is 3. The lowest BCUT2D eigenvalue weighted by Gasteiger charge is -2.09. The summed E-state index contributed by atoms with van der Waals surface area (Å²) < 4.78 is 6.75. The number of hydrogen-bond acceptors (Lipinski definition) is 6. The monoisotopic (exact) mass is 364 g/mol. The summed E-state index contributed by atoms with van der Waals surface area (Å²) in [6, 6.07) is 1.70. The zero-order chi connectivity index (χ0) is 18.6. The van der Waals surface area contributed by atoms with E-state index in [-0.39, 0.29) is 18.9 Å². The molecule has 2 amide bonds. The number of ether oxygens (including phenoxy) is 1. The summed E-state index contributed by atoms with van der Waals surface area (Å²) in [6.07, 6.45) is 0.0328. The standard InChI is InChI=1S/C16H20N4O4S/c1-4-24-15(23)12-5-9(2)20(10(12)3)7-14(22)19-16-18-11(8-25-16)6-13(17)21/h5,8H,4,6-7H2,1-3H3,(H2,17,21)(H,18,19,22). The molecule has 0 atom stereocenters. The van der Waals surface area contributed by atoms with Gasteiger partial charge < -0.3 is 20.4 Å². The highest BCUT2D eigenvalue weighted by Crippen LogP contribution is 2.18. The minimum Gasteiger partial charge on any atom is -0.462 e. The molecule has 9 heteroatoms. The van der Waals surface area contributed by atoms with Crippen LogP contribution in [0.25, 0.3) is 0 Å². The summed E-state index contributed by atoms with van der Waals surface area (Å²) in [5.41, 5.74) is 7.53. The molecular weight excluding hydrogens is 344 g/mol. The number of nitrogens with one attached hydrogen (secondary N) is 1. The number of carbonyl (C=O) groups is 3. The van der Waals surface area contributed by atoms with Gasteiger partial charge >= 0.3 is 5.97 Å². The molecule has 2 aromatic rings. The van der Waals surface area contributed by atoms with Crippen LogP contribution in [0.5, 0.6) is 0 Å². The SMILES string of the molecule is CCOC(=O)c1cc(C)n(CC(=O)Nc2nc(CC(N)=O)cs2)c1C. The van der Waals surface area contributed by atoms with Crippen LogP contribution in [0.4, 0.5) is 5.13 Å². The van der Waals surface area contributed by atoms with E-state index in [1.165, 1.54) is 11.3 Å². The van der Waals surface area contributed by atoms with Gasteiger partial charge in [0.25, 0.3) is 0 Å². The first-order valence-electron chi connectivity index (χ1n) is 7.68. The van der Waals surface area contributed by atoms with E-state index in [4.69, 9.17) is 10.5 Å². The van der Waals surface area contributed by atoms with E-state index in [9.17, 15) is 14.4 Å². The van der Waals surface area contributed by atoms with Crippen molar-refractivity contribution < 1.29 is 19.1 Å². The number of amides is 2. The van der Waals surface area contributed by atoms with Crippen LogP contribution < -0.4 is 11.1 Å². The van der Waals surface area contributed by atoms with Gasteiger partial charge in [-0.3, -0.25) is 9.59 Å². The smallest absolute Gasteiger partial charge is 0.339 e. The van der Waals surface area contributed by atoms with Gasteiger partial charge in [-0.2, -0.15) is 0 Å². The number of aryl methyl sites for hydroxylation is 1. The number of primary amides is 1. The molecule has 134 valence electrons. The first-order chi connectivity index (χ1) is 11.8. The third-order valence-electron chi connectivity index (χ3n) is 3.52. The average molecular weight is 364 g/mol. The van der Waals surface area contributed by atoms with Crippen molar-refractivity contribution in [2.24, 2.45) is 5.73 Å². The van der Waals surface area contributed by atoms with E-state index < -0.39 is 11.9 Å². The molecular formula is C16H20N4O4S. The fourth-order valence-corrected chi connectivity index (χ4v) is 3.11. The molecule has 0 fully saturated rings. The van der Waals surface area contributed by atoms with Crippen molar-refractivity contribution in [3.8, 4) is 0 Å². The van der Waals surface area contributed by atoms with Crippen LogP contribution in [-0.4, -0.2) is 33.9 Å². The Bertz CT molecular complexity index is 809. The van der Waals surface area contributed by atoms with Crippen molar-refractivity contribution in [1.82, 2.24) is 9.55 Å². The Morgan fingerprint density at radius 2 is 2.08 bits per heavy atom. The molecule has 0 saturated carbocycles. The number of thiazole rings is 1. The van der Waals surface area contributed by atoms with Crippen molar-refractivity contribution in [3.63, 3.8) is 0 Å². The quantitative estimate of drug-likeness (QED) is 0.721. The maximum atomic E-state index is 12.2. The lowest BCUT2D eigenvalue weighted by Crippen LogP contribution is -2.20. The number of nitrogens with two attached hydrogens (primary N) is 1. The van der Waals surface area contributed by atoms with Gasteiger partial charge in [0.2, 0.25) is 11.8 Å². The molecule has 3 N–H and O–H groups in total. The average Bonchev–Trinajstić information content (AvgIpc) is 3.06. The molecule has 0 saturated heterocycles. The second-order valence-corrected chi connectivity index (χ2v) is 6.28. The molecule has 0 aliphatic carbocycles. The van der Waals surface area contributed by atoms with Crippen LogP contribution in [0.2, 0.25) is 0 Å². The number of esters is 1. The van der Waals surface area contributed by atoms with Crippen LogP contribution in [0.15, 0.2) is 11.4 Å². The van der Waals surface area contributed by atoms with Crippen molar-refractivity contribution in [1.29, 1.82) is 0 Å². The summed E-state index contributed by atoms with van der Waals surface area (Å²) in [4.78, 5) is 39.2. The second kappa shape index (κ2) is 7.93.